The Morgan fingerprint density at radius 2 is 2.04 bits per heavy atom. The maximum atomic E-state index is 12.6. The second kappa shape index (κ2) is 6.39. The summed E-state index contributed by atoms with van der Waals surface area (Å²) in [5.74, 6) is -2.03. The van der Waals surface area contributed by atoms with Crippen molar-refractivity contribution in [3.8, 4) is 5.82 Å². The van der Waals surface area contributed by atoms with E-state index in [0.29, 0.717) is 12.6 Å². The Morgan fingerprint density at radius 3 is 2.58 bits per heavy atom. The van der Waals surface area contributed by atoms with Gasteiger partial charge in [-0.1, -0.05) is 5.21 Å². The van der Waals surface area contributed by atoms with Gasteiger partial charge in [0.2, 0.25) is 0 Å². The summed E-state index contributed by atoms with van der Waals surface area (Å²) in [5, 5.41) is 16.6. The number of likely N-dealkylation sites (tertiary alicyclic amines) is 1. The number of aliphatic carboxylic acids is 1. The minimum atomic E-state index is -4.50. The fourth-order valence-electron chi connectivity index (χ4n) is 2.87. The topological polar surface area (TPSA) is 101 Å². The quantitative estimate of drug-likeness (QED) is 0.882. The van der Waals surface area contributed by atoms with Crippen molar-refractivity contribution in [3.05, 3.63) is 35.8 Å². The Balaban J connectivity index is 1.78. The summed E-state index contributed by atoms with van der Waals surface area (Å²) in [5.41, 5.74) is -0.937. The number of pyridine rings is 1. The van der Waals surface area contributed by atoms with Crippen molar-refractivity contribution in [1.29, 1.82) is 0 Å². The van der Waals surface area contributed by atoms with Crippen LogP contribution in [-0.2, 0) is 11.0 Å². The summed E-state index contributed by atoms with van der Waals surface area (Å²) in [6.07, 6.45) is -2.24. The van der Waals surface area contributed by atoms with Crippen molar-refractivity contribution in [1.82, 2.24) is 24.9 Å². The molecule has 0 radical (unpaired) electrons. The minimum Gasteiger partial charge on any atom is -0.481 e. The van der Waals surface area contributed by atoms with Crippen LogP contribution in [0.3, 0.4) is 0 Å². The zero-order valence-electron chi connectivity index (χ0n) is 13.5. The third-order valence-corrected chi connectivity index (χ3v) is 4.36. The monoisotopic (exact) mass is 369 g/mol. The Bertz CT molecular complexity index is 834. The molecule has 11 heteroatoms. The van der Waals surface area contributed by atoms with Crippen LogP contribution >= 0.6 is 0 Å². The van der Waals surface area contributed by atoms with E-state index < -0.39 is 35.6 Å². The van der Waals surface area contributed by atoms with Gasteiger partial charge in [-0.15, -0.1) is 5.10 Å². The largest absolute Gasteiger partial charge is 0.481 e. The maximum absolute atomic E-state index is 12.6. The van der Waals surface area contributed by atoms with E-state index in [1.807, 2.05) is 0 Å². The lowest BCUT2D eigenvalue weighted by atomic mass is 10.0. The molecule has 0 saturated carbocycles. The minimum absolute atomic E-state index is 0.0374. The molecule has 1 saturated heterocycles. The third-order valence-electron chi connectivity index (χ3n) is 4.36. The Labute approximate surface area is 145 Å². The molecule has 3 heterocycles. The molecule has 0 spiro atoms. The van der Waals surface area contributed by atoms with E-state index in [2.05, 4.69) is 15.3 Å². The molecule has 1 amide bonds. The van der Waals surface area contributed by atoms with E-state index in [4.69, 9.17) is 5.11 Å². The number of amides is 1. The smallest absolute Gasteiger partial charge is 0.417 e. The van der Waals surface area contributed by atoms with Crippen LogP contribution in [0.15, 0.2) is 24.5 Å². The van der Waals surface area contributed by atoms with Gasteiger partial charge >= 0.3 is 12.1 Å². The molecule has 2 atom stereocenters. The number of hydrogen-bond donors (Lipinski definition) is 1. The molecule has 1 N–H and O–H groups in total. The molecule has 1 aliphatic rings. The number of carboxylic acids is 1. The summed E-state index contributed by atoms with van der Waals surface area (Å²) in [7, 11) is 0. The van der Waals surface area contributed by atoms with Crippen molar-refractivity contribution < 1.29 is 27.9 Å². The highest BCUT2D eigenvalue weighted by Crippen LogP contribution is 2.29. The molecule has 1 aliphatic heterocycles. The van der Waals surface area contributed by atoms with E-state index in [9.17, 15) is 22.8 Å². The average molecular weight is 369 g/mol. The lowest BCUT2D eigenvalue weighted by Crippen LogP contribution is -2.37. The molecule has 26 heavy (non-hydrogen) atoms. The van der Waals surface area contributed by atoms with E-state index in [-0.39, 0.29) is 18.1 Å². The van der Waals surface area contributed by atoms with Gasteiger partial charge in [-0.25, -0.2) is 9.67 Å². The number of carboxylic acid groups (broad SMARTS) is 1. The van der Waals surface area contributed by atoms with E-state index in [1.165, 1.54) is 11.1 Å². The molecule has 0 bridgehead atoms. The summed E-state index contributed by atoms with van der Waals surface area (Å²) in [4.78, 5) is 28.7. The Morgan fingerprint density at radius 1 is 1.31 bits per heavy atom. The number of alkyl halides is 3. The average Bonchev–Trinajstić information content (AvgIpc) is 3.20. The van der Waals surface area contributed by atoms with Gasteiger partial charge in [0.25, 0.3) is 5.91 Å². The highest BCUT2D eigenvalue weighted by Gasteiger charge is 2.39. The van der Waals surface area contributed by atoms with Gasteiger partial charge in [0, 0.05) is 18.8 Å². The zero-order valence-corrected chi connectivity index (χ0v) is 13.5. The van der Waals surface area contributed by atoms with Gasteiger partial charge < -0.3 is 10.0 Å². The van der Waals surface area contributed by atoms with Gasteiger partial charge in [-0.05, 0) is 25.5 Å². The number of nitrogens with zero attached hydrogens (tertiary/aromatic N) is 5. The van der Waals surface area contributed by atoms with Crippen molar-refractivity contribution >= 4 is 11.9 Å². The standard InChI is InChI=1S/C15H14F3N5O3/c1-8-10(14(25)26)4-5-22(8)13(24)11-7-23(21-20-11)12-3-2-9(6-19-12)15(16,17)18/h2-3,6-8,10H,4-5H2,1H3,(H,25,26). The molecular weight excluding hydrogens is 355 g/mol. The first-order valence-corrected chi connectivity index (χ1v) is 7.68. The van der Waals surface area contributed by atoms with Crippen molar-refractivity contribution in [3.63, 3.8) is 0 Å². The second-order valence-electron chi connectivity index (χ2n) is 5.92. The summed E-state index contributed by atoms with van der Waals surface area (Å²) in [6.45, 7) is 1.92. The van der Waals surface area contributed by atoms with Crippen LogP contribution in [0.2, 0.25) is 0 Å². The number of carbonyl (C=O) groups is 2. The lowest BCUT2D eigenvalue weighted by molar-refractivity contribution is -0.142. The van der Waals surface area contributed by atoms with Crippen LogP contribution in [0, 0.1) is 5.92 Å². The molecule has 2 unspecified atom stereocenters. The molecule has 0 aromatic carbocycles. The first-order chi connectivity index (χ1) is 12.2. The number of rotatable bonds is 3. The molecular formula is C15H14F3N5O3. The Hall–Kier alpha value is -2.98. The molecule has 2 aromatic heterocycles. The molecule has 8 nitrogen and oxygen atoms in total. The number of carbonyl (C=O) groups excluding carboxylic acids is 1. The van der Waals surface area contributed by atoms with E-state index in [1.54, 1.807) is 6.92 Å². The van der Waals surface area contributed by atoms with E-state index >= 15 is 0 Å². The first-order valence-electron chi connectivity index (χ1n) is 7.68. The van der Waals surface area contributed by atoms with Gasteiger partial charge in [0.1, 0.15) is 0 Å². The Kier molecular flexibility index (Phi) is 4.38. The second-order valence-corrected chi connectivity index (χ2v) is 5.92. The fraction of sp³-hybridized carbons (Fsp3) is 0.400. The van der Waals surface area contributed by atoms with Crippen LogP contribution in [0.4, 0.5) is 13.2 Å². The van der Waals surface area contributed by atoms with Crippen LogP contribution < -0.4 is 0 Å². The van der Waals surface area contributed by atoms with Crippen LogP contribution in [0.25, 0.3) is 5.82 Å². The van der Waals surface area contributed by atoms with Crippen LogP contribution in [-0.4, -0.2) is 54.4 Å². The summed E-state index contributed by atoms with van der Waals surface area (Å²) >= 11 is 0. The SMILES string of the molecule is CC1C(C(=O)O)CCN1C(=O)c1cn(-c2ccc(C(F)(F)F)cn2)nn1. The van der Waals surface area contributed by atoms with E-state index in [0.717, 1.165) is 16.8 Å². The first kappa shape index (κ1) is 17.8. The van der Waals surface area contributed by atoms with Crippen molar-refractivity contribution in [2.45, 2.75) is 25.6 Å². The van der Waals surface area contributed by atoms with Gasteiger partial charge in [-0.3, -0.25) is 9.59 Å². The van der Waals surface area contributed by atoms with Gasteiger partial charge in [0.05, 0.1) is 17.7 Å². The highest BCUT2D eigenvalue weighted by atomic mass is 19.4. The van der Waals surface area contributed by atoms with Crippen LogP contribution in [0.5, 0.6) is 0 Å². The molecule has 2 aromatic rings. The van der Waals surface area contributed by atoms with Gasteiger partial charge in [-0.2, -0.15) is 13.2 Å². The summed E-state index contributed by atoms with van der Waals surface area (Å²) in [6, 6.07) is 1.48. The number of hydrogen-bond acceptors (Lipinski definition) is 5. The zero-order chi connectivity index (χ0) is 19.1. The number of halogens is 3. The molecule has 138 valence electrons. The van der Waals surface area contributed by atoms with Gasteiger partial charge in [0.15, 0.2) is 11.5 Å². The summed E-state index contributed by atoms with van der Waals surface area (Å²) < 4.78 is 38.8. The number of aromatic nitrogens is 4. The fourth-order valence-corrected chi connectivity index (χ4v) is 2.87. The third kappa shape index (κ3) is 3.24. The normalized spacial score (nSPS) is 20.4. The molecule has 0 aliphatic carbocycles. The lowest BCUT2D eigenvalue weighted by Gasteiger charge is -2.21. The maximum Gasteiger partial charge on any atom is 0.417 e. The molecule has 3 rings (SSSR count). The predicted molar refractivity (Wildman–Crippen MR) is 80.4 cm³/mol. The highest BCUT2D eigenvalue weighted by molar-refractivity contribution is 5.93. The van der Waals surface area contributed by atoms with Crippen LogP contribution in [0.1, 0.15) is 29.4 Å². The van der Waals surface area contributed by atoms with Crippen molar-refractivity contribution in [2.24, 2.45) is 5.92 Å². The van der Waals surface area contributed by atoms with Crippen molar-refractivity contribution in [2.75, 3.05) is 6.54 Å². The predicted octanol–water partition coefficient (Wildman–Crippen LogP) is 1.62. The molecule has 1 fully saturated rings.